The first-order valence-corrected chi connectivity index (χ1v) is 6.57. The fourth-order valence-electron chi connectivity index (χ4n) is 2.15. The third kappa shape index (κ3) is 4.47. The van der Waals surface area contributed by atoms with Crippen LogP contribution >= 0.6 is 0 Å². The van der Waals surface area contributed by atoms with Crippen LogP contribution in [0, 0.1) is 0 Å². The first-order valence-electron chi connectivity index (χ1n) is 6.57. The van der Waals surface area contributed by atoms with Crippen LogP contribution in [0.25, 0.3) is 0 Å². The Bertz CT molecular complexity index is 571. The highest BCUT2D eigenvalue weighted by Crippen LogP contribution is 2.50. The molecule has 0 amide bonds. The average molecular weight is 318 g/mol. The zero-order chi connectivity index (χ0) is 16.4. The number of alkyl halides is 3. The third-order valence-corrected chi connectivity index (χ3v) is 3.30. The molecule has 0 unspecified atom stereocenters. The summed E-state index contributed by atoms with van der Waals surface area (Å²) in [6.07, 6.45) is -2.02. The molecule has 3 nitrogen and oxygen atoms in total. The number of esters is 1. The van der Waals surface area contributed by atoms with E-state index in [1.165, 1.54) is 37.3 Å². The molecule has 1 aromatic carbocycles. The van der Waals surface area contributed by atoms with Crippen molar-refractivity contribution in [2.75, 3.05) is 6.61 Å². The molecular weight excluding hydrogens is 304 g/mol. The highest BCUT2D eigenvalue weighted by Gasteiger charge is 2.43. The lowest BCUT2D eigenvalue weighted by molar-refractivity contribution is -0.274. The topological polar surface area (TPSA) is 35.5 Å². The Balaban J connectivity index is 2.07. The fourth-order valence-corrected chi connectivity index (χ4v) is 2.15. The molecule has 1 saturated carbocycles. The standard InChI is InChI=1S/C15H14F4O3/c1-10(20)21-9-12(16)8-14(6-7-14)11-2-4-13(5-3-11)22-15(17,18)19/h2-5,8H,6-7,9H2,1H3. The average Bonchev–Trinajstić information content (AvgIpc) is 3.16. The molecule has 7 heteroatoms. The summed E-state index contributed by atoms with van der Waals surface area (Å²) in [4.78, 5) is 10.6. The highest BCUT2D eigenvalue weighted by atomic mass is 19.4. The summed E-state index contributed by atoms with van der Waals surface area (Å²) >= 11 is 0. The van der Waals surface area contributed by atoms with E-state index in [0.717, 1.165) is 0 Å². The lowest BCUT2D eigenvalue weighted by atomic mass is 9.95. The molecule has 1 fully saturated rings. The highest BCUT2D eigenvalue weighted by molar-refractivity contribution is 5.66. The molecule has 120 valence electrons. The minimum atomic E-state index is -4.74. The van der Waals surface area contributed by atoms with Gasteiger partial charge in [0.2, 0.25) is 0 Å². The molecule has 0 radical (unpaired) electrons. The van der Waals surface area contributed by atoms with Gasteiger partial charge in [-0.05, 0) is 36.6 Å². The first kappa shape index (κ1) is 16.3. The Morgan fingerprint density at radius 1 is 1.27 bits per heavy atom. The lowest BCUT2D eigenvalue weighted by Gasteiger charge is -2.13. The van der Waals surface area contributed by atoms with Crippen molar-refractivity contribution in [3.8, 4) is 5.75 Å². The minimum absolute atomic E-state index is 0.323. The van der Waals surface area contributed by atoms with E-state index < -0.39 is 30.2 Å². The summed E-state index contributed by atoms with van der Waals surface area (Å²) in [6.45, 7) is 0.742. The van der Waals surface area contributed by atoms with Crippen molar-refractivity contribution in [1.29, 1.82) is 0 Å². The van der Waals surface area contributed by atoms with Crippen LogP contribution in [0.5, 0.6) is 5.75 Å². The van der Waals surface area contributed by atoms with E-state index in [4.69, 9.17) is 0 Å². The lowest BCUT2D eigenvalue weighted by Crippen LogP contribution is -2.17. The summed E-state index contributed by atoms with van der Waals surface area (Å²) < 4.78 is 58.3. The Morgan fingerprint density at radius 2 is 1.86 bits per heavy atom. The molecule has 2 rings (SSSR count). The number of halogens is 4. The van der Waals surface area contributed by atoms with Crippen LogP contribution < -0.4 is 4.74 Å². The summed E-state index contributed by atoms with van der Waals surface area (Å²) in [5.74, 6) is -1.48. The van der Waals surface area contributed by atoms with E-state index in [-0.39, 0.29) is 5.75 Å². The number of allylic oxidation sites excluding steroid dienone is 1. The van der Waals surface area contributed by atoms with Gasteiger partial charge in [0.15, 0.2) is 0 Å². The van der Waals surface area contributed by atoms with Crippen LogP contribution in [0.3, 0.4) is 0 Å². The van der Waals surface area contributed by atoms with Gasteiger partial charge in [-0.3, -0.25) is 4.79 Å². The number of benzene rings is 1. The predicted octanol–water partition coefficient (Wildman–Crippen LogP) is 4.03. The normalized spacial score (nSPS) is 17.0. The minimum Gasteiger partial charge on any atom is -0.459 e. The van der Waals surface area contributed by atoms with Crippen molar-refractivity contribution in [3.63, 3.8) is 0 Å². The van der Waals surface area contributed by atoms with E-state index in [0.29, 0.717) is 18.4 Å². The van der Waals surface area contributed by atoms with Crippen molar-refractivity contribution in [2.45, 2.75) is 31.5 Å². The second-order valence-corrected chi connectivity index (χ2v) is 5.10. The van der Waals surface area contributed by atoms with Gasteiger partial charge in [0, 0.05) is 12.3 Å². The van der Waals surface area contributed by atoms with E-state index in [9.17, 15) is 22.4 Å². The summed E-state index contributed by atoms with van der Waals surface area (Å²) in [7, 11) is 0. The number of hydrogen-bond donors (Lipinski definition) is 0. The predicted molar refractivity (Wildman–Crippen MR) is 69.9 cm³/mol. The molecule has 0 spiro atoms. The van der Waals surface area contributed by atoms with Gasteiger partial charge in [-0.1, -0.05) is 12.1 Å². The number of ether oxygens (including phenoxy) is 2. The quantitative estimate of drug-likeness (QED) is 0.607. The van der Waals surface area contributed by atoms with Crippen LogP contribution in [0.2, 0.25) is 0 Å². The molecular formula is C15H14F4O3. The molecule has 0 heterocycles. The Morgan fingerprint density at radius 3 is 2.32 bits per heavy atom. The molecule has 1 aliphatic carbocycles. The second-order valence-electron chi connectivity index (χ2n) is 5.10. The molecule has 0 bridgehead atoms. The number of hydrogen-bond acceptors (Lipinski definition) is 3. The molecule has 1 aliphatic rings. The molecule has 0 saturated heterocycles. The van der Waals surface area contributed by atoms with Gasteiger partial charge < -0.3 is 9.47 Å². The van der Waals surface area contributed by atoms with E-state index in [1.54, 1.807) is 0 Å². The van der Waals surface area contributed by atoms with Crippen LogP contribution in [-0.2, 0) is 14.9 Å². The van der Waals surface area contributed by atoms with E-state index in [2.05, 4.69) is 9.47 Å². The molecule has 0 aliphatic heterocycles. The molecule has 0 atom stereocenters. The van der Waals surface area contributed by atoms with Gasteiger partial charge in [-0.25, -0.2) is 4.39 Å². The second kappa shape index (κ2) is 5.98. The third-order valence-electron chi connectivity index (χ3n) is 3.30. The smallest absolute Gasteiger partial charge is 0.459 e. The maximum Gasteiger partial charge on any atom is 0.573 e. The van der Waals surface area contributed by atoms with Crippen LogP contribution in [-0.4, -0.2) is 18.9 Å². The summed E-state index contributed by atoms with van der Waals surface area (Å²) in [6, 6.07) is 5.34. The van der Waals surface area contributed by atoms with Gasteiger partial charge >= 0.3 is 12.3 Å². The number of carbonyl (C=O) groups is 1. The van der Waals surface area contributed by atoms with Crippen molar-refractivity contribution in [3.05, 3.63) is 41.7 Å². The summed E-state index contributed by atoms with van der Waals surface area (Å²) in [5.41, 5.74) is 0.154. The zero-order valence-corrected chi connectivity index (χ0v) is 11.7. The van der Waals surface area contributed by atoms with E-state index in [1.807, 2.05) is 0 Å². The Kier molecular flexibility index (Phi) is 4.44. The van der Waals surface area contributed by atoms with E-state index >= 15 is 0 Å². The SMILES string of the molecule is CC(=O)OCC(F)=CC1(c2ccc(OC(F)(F)F)cc2)CC1. The van der Waals surface area contributed by atoms with Crippen molar-refractivity contribution >= 4 is 5.97 Å². The molecule has 1 aromatic rings. The van der Waals surface area contributed by atoms with Crippen LogP contribution in [0.4, 0.5) is 17.6 Å². The number of rotatable bonds is 5. The van der Waals surface area contributed by atoms with Crippen LogP contribution in [0.1, 0.15) is 25.3 Å². The maximum absolute atomic E-state index is 13.7. The maximum atomic E-state index is 13.7. The van der Waals surface area contributed by atoms with Gasteiger partial charge in [0.1, 0.15) is 18.2 Å². The van der Waals surface area contributed by atoms with Gasteiger partial charge in [-0.2, -0.15) is 0 Å². The Labute approximate surface area is 124 Å². The van der Waals surface area contributed by atoms with Crippen molar-refractivity contribution in [2.24, 2.45) is 0 Å². The summed E-state index contributed by atoms with van der Waals surface area (Å²) in [5, 5.41) is 0. The van der Waals surface area contributed by atoms with Crippen molar-refractivity contribution in [1.82, 2.24) is 0 Å². The van der Waals surface area contributed by atoms with Gasteiger partial charge in [0.05, 0.1) is 0 Å². The monoisotopic (exact) mass is 318 g/mol. The first-order chi connectivity index (χ1) is 10.2. The van der Waals surface area contributed by atoms with Gasteiger partial charge in [-0.15, -0.1) is 13.2 Å². The fraction of sp³-hybridized carbons (Fsp3) is 0.400. The van der Waals surface area contributed by atoms with Crippen LogP contribution in [0.15, 0.2) is 36.2 Å². The largest absolute Gasteiger partial charge is 0.573 e. The van der Waals surface area contributed by atoms with Gasteiger partial charge in [0.25, 0.3) is 0 Å². The zero-order valence-electron chi connectivity index (χ0n) is 11.7. The molecule has 22 heavy (non-hydrogen) atoms. The number of carbonyl (C=O) groups excluding carboxylic acids is 1. The van der Waals surface area contributed by atoms with Crippen molar-refractivity contribution < 1.29 is 31.8 Å². The molecule has 0 N–H and O–H groups in total. The molecule has 0 aromatic heterocycles. The Hall–Kier alpha value is -2.05.